The maximum atomic E-state index is 6.12. The van der Waals surface area contributed by atoms with E-state index in [1.54, 1.807) is 0 Å². The molecule has 0 spiro atoms. The Balaban J connectivity index is 0.000000847. The molecule has 1 unspecified atom stereocenters. The number of benzene rings is 2. The molecule has 22 heavy (non-hydrogen) atoms. The molecule has 0 radical (unpaired) electrons. The Bertz CT molecular complexity index is 592. The molecule has 1 aliphatic rings. The van der Waals surface area contributed by atoms with Gasteiger partial charge in [0.1, 0.15) is 0 Å². The lowest BCUT2D eigenvalue weighted by molar-refractivity contribution is -0.0679. The third-order valence-electron chi connectivity index (χ3n) is 3.80. The second-order valence-corrected chi connectivity index (χ2v) is 5.42. The van der Waals surface area contributed by atoms with Crippen LogP contribution in [-0.2, 0) is 12.8 Å². The summed E-state index contributed by atoms with van der Waals surface area (Å²) in [6.45, 7) is 8.16. The van der Waals surface area contributed by atoms with Crippen LogP contribution in [0.25, 0.3) is 0 Å². The minimum absolute atomic E-state index is 0.552. The van der Waals surface area contributed by atoms with E-state index in [0.717, 1.165) is 30.8 Å². The smallest absolute Gasteiger partial charge is 0.249 e. The minimum Gasteiger partial charge on any atom is -0.449 e. The summed E-state index contributed by atoms with van der Waals surface area (Å²) in [5.41, 5.74) is 2.53. The first-order chi connectivity index (χ1) is 10.7. The first-order valence-electron chi connectivity index (χ1n) is 8.24. The highest BCUT2D eigenvalue weighted by molar-refractivity contribution is 5.49. The monoisotopic (exact) mass is 298 g/mol. The first kappa shape index (κ1) is 16.4. The second-order valence-electron chi connectivity index (χ2n) is 5.42. The van der Waals surface area contributed by atoms with Crippen molar-refractivity contribution in [3.63, 3.8) is 0 Å². The molecule has 1 atom stereocenters. The van der Waals surface area contributed by atoms with Gasteiger partial charge in [-0.3, -0.25) is 0 Å². The molecule has 0 saturated carbocycles. The van der Waals surface area contributed by atoms with Gasteiger partial charge >= 0.3 is 0 Å². The molecule has 0 fully saturated rings. The molecule has 1 heterocycles. The van der Waals surface area contributed by atoms with Gasteiger partial charge in [-0.05, 0) is 30.0 Å². The van der Waals surface area contributed by atoms with Crippen molar-refractivity contribution in [2.75, 3.05) is 0 Å². The fourth-order valence-electron chi connectivity index (χ4n) is 2.62. The molecule has 2 nitrogen and oxygen atoms in total. The maximum Gasteiger partial charge on any atom is 0.249 e. The molecule has 0 saturated heterocycles. The number of rotatable bonds is 4. The van der Waals surface area contributed by atoms with E-state index in [9.17, 15) is 0 Å². The van der Waals surface area contributed by atoms with Crippen LogP contribution in [0.5, 0.6) is 11.5 Å². The highest BCUT2D eigenvalue weighted by Gasteiger charge is 2.37. The van der Waals surface area contributed by atoms with E-state index in [1.807, 2.05) is 39.0 Å². The van der Waals surface area contributed by atoms with E-state index in [1.165, 1.54) is 11.1 Å². The Hall–Kier alpha value is -1.96. The van der Waals surface area contributed by atoms with E-state index in [2.05, 4.69) is 37.3 Å². The minimum atomic E-state index is -0.552. The van der Waals surface area contributed by atoms with Gasteiger partial charge in [-0.15, -0.1) is 0 Å². The standard InChI is InChI=1S/C18H20O2.C2H6/c1-3-15-10-7-11-16-17(15)20-18(2,19-16)13-12-14-8-5-4-6-9-14;1-2/h4-11H,3,12-13H2,1-2H3;1-2H3. The Morgan fingerprint density at radius 1 is 0.909 bits per heavy atom. The van der Waals surface area contributed by atoms with E-state index < -0.39 is 5.79 Å². The molecule has 118 valence electrons. The number of hydrogen-bond donors (Lipinski definition) is 0. The summed E-state index contributed by atoms with van der Waals surface area (Å²) in [4.78, 5) is 0. The number of para-hydroxylation sites is 1. The van der Waals surface area contributed by atoms with Crippen LogP contribution in [0.1, 0.15) is 45.2 Å². The summed E-state index contributed by atoms with van der Waals surface area (Å²) < 4.78 is 12.2. The van der Waals surface area contributed by atoms with Crippen LogP contribution in [0.3, 0.4) is 0 Å². The normalized spacial score (nSPS) is 18.5. The zero-order valence-electron chi connectivity index (χ0n) is 14.1. The number of hydrogen-bond acceptors (Lipinski definition) is 2. The third kappa shape index (κ3) is 3.62. The molecular formula is C20H26O2. The van der Waals surface area contributed by atoms with Crippen LogP contribution >= 0.6 is 0 Å². The molecule has 1 aliphatic heterocycles. The van der Waals surface area contributed by atoms with Crippen LogP contribution in [-0.4, -0.2) is 5.79 Å². The maximum absolute atomic E-state index is 6.12. The summed E-state index contributed by atoms with van der Waals surface area (Å²) in [6.07, 6.45) is 2.75. The average Bonchev–Trinajstić information content (AvgIpc) is 2.92. The lowest BCUT2D eigenvalue weighted by Crippen LogP contribution is -2.35. The van der Waals surface area contributed by atoms with Crippen molar-refractivity contribution in [2.24, 2.45) is 0 Å². The third-order valence-corrected chi connectivity index (χ3v) is 3.80. The molecule has 0 bridgehead atoms. The lowest BCUT2D eigenvalue weighted by atomic mass is 10.1. The summed E-state index contributed by atoms with van der Waals surface area (Å²) in [5.74, 6) is 1.24. The highest BCUT2D eigenvalue weighted by atomic mass is 16.7. The van der Waals surface area contributed by atoms with Crippen molar-refractivity contribution in [3.05, 3.63) is 59.7 Å². The van der Waals surface area contributed by atoms with Crippen molar-refractivity contribution < 1.29 is 9.47 Å². The zero-order chi connectivity index (χ0) is 16.0. The highest BCUT2D eigenvalue weighted by Crippen LogP contribution is 2.43. The van der Waals surface area contributed by atoms with Crippen molar-refractivity contribution in [1.29, 1.82) is 0 Å². The first-order valence-corrected chi connectivity index (χ1v) is 8.24. The van der Waals surface area contributed by atoms with Gasteiger partial charge in [0.15, 0.2) is 11.5 Å². The fourth-order valence-corrected chi connectivity index (χ4v) is 2.62. The SMILES string of the molecule is CC.CCc1cccc2c1OC(C)(CCc1ccccc1)O2. The fraction of sp³-hybridized carbons (Fsp3) is 0.400. The van der Waals surface area contributed by atoms with Crippen molar-refractivity contribution in [2.45, 2.75) is 52.7 Å². The summed E-state index contributed by atoms with van der Waals surface area (Å²) >= 11 is 0. The van der Waals surface area contributed by atoms with Crippen LogP contribution < -0.4 is 9.47 Å². The van der Waals surface area contributed by atoms with E-state index in [-0.39, 0.29) is 0 Å². The molecule has 0 aromatic heterocycles. The van der Waals surface area contributed by atoms with Crippen LogP contribution in [0.2, 0.25) is 0 Å². The quantitative estimate of drug-likeness (QED) is 0.753. The molecular weight excluding hydrogens is 272 g/mol. The number of ether oxygens (including phenoxy) is 2. The average molecular weight is 298 g/mol. The molecule has 2 aromatic rings. The van der Waals surface area contributed by atoms with Gasteiger partial charge in [0, 0.05) is 13.3 Å². The Morgan fingerprint density at radius 3 is 2.32 bits per heavy atom. The Morgan fingerprint density at radius 2 is 1.64 bits per heavy atom. The van der Waals surface area contributed by atoms with Gasteiger partial charge < -0.3 is 9.47 Å². The zero-order valence-corrected chi connectivity index (χ0v) is 14.1. The summed E-state index contributed by atoms with van der Waals surface area (Å²) in [6, 6.07) is 16.6. The lowest BCUT2D eigenvalue weighted by Gasteiger charge is -2.23. The summed E-state index contributed by atoms with van der Waals surface area (Å²) in [5, 5.41) is 0. The summed E-state index contributed by atoms with van der Waals surface area (Å²) in [7, 11) is 0. The molecule has 0 N–H and O–H groups in total. The molecule has 0 aliphatic carbocycles. The predicted octanol–water partition coefficient (Wildman–Crippen LogP) is 5.40. The van der Waals surface area contributed by atoms with Gasteiger partial charge in [-0.1, -0.05) is 63.2 Å². The number of aryl methyl sites for hydroxylation is 2. The van der Waals surface area contributed by atoms with Gasteiger partial charge in [0.25, 0.3) is 0 Å². The van der Waals surface area contributed by atoms with E-state index in [4.69, 9.17) is 9.47 Å². The van der Waals surface area contributed by atoms with Gasteiger partial charge in [0.2, 0.25) is 5.79 Å². The van der Waals surface area contributed by atoms with Gasteiger partial charge in [-0.25, -0.2) is 0 Å². The van der Waals surface area contributed by atoms with Gasteiger partial charge in [0.05, 0.1) is 0 Å². The molecule has 2 heteroatoms. The second kappa shape index (κ2) is 7.35. The number of fused-ring (bicyclic) bond motifs is 1. The van der Waals surface area contributed by atoms with Crippen molar-refractivity contribution in [1.82, 2.24) is 0 Å². The van der Waals surface area contributed by atoms with Gasteiger partial charge in [-0.2, -0.15) is 0 Å². The molecule has 0 amide bonds. The van der Waals surface area contributed by atoms with Crippen LogP contribution in [0.15, 0.2) is 48.5 Å². The van der Waals surface area contributed by atoms with E-state index in [0.29, 0.717) is 0 Å². The molecule has 3 rings (SSSR count). The van der Waals surface area contributed by atoms with Crippen LogP contribution in [0, 0.1) is 0 Å². The van der Waals surface area contributed by atoms with Crippen molar-refractivity contribution >= 4 is 0 Å². The Kier molecular flexibility index (Phi) is 5.48. The molecule has 2 aromatic carbocycles. The largest absolute Gasteiger partial charge is 0.449 e. The topological polar surface area (TPSA) is 18.5 Å². The van der Waals surface area contributed by atoms with Crippen molar-refractivity contribution in [3.8, 4) is 11.5 Å². The van der Waals surface area contributed by atoms with Crippen LogP contribution in [0.4, 0.5) is 0 Å². The predicted molar refractivity (Wildman–Crippen MR) is 91.6 cm³/mol. The van der Waals surface area contributed by atoms with E-state index >= 15 is 0 Å². The Labute approximate surface area is 134 Å².